The predicted octanol–water partition coefficient (Wildman–Crippen LogP) is 1.62. The number of aryl methyl sites for hydroxylation is 3. The van der Waals surface area contributed by atoms with Crippen molar-refractivity contribution in [3.05, 3.63) is 35.4 Å². The number of rotatable bonds is 6. The summed E-state index contributed by atoms with van der Waals surface area (Å²) in [5.74, 6) is 0. The highest BCUT2D eigenvalue weighted by Gasteiger charge is 2.20. The maximum Gasteiger partial charge on any atom is 0.169 e. The second-order valence-corrected chi connectivity index (χ2v) is 7.11. The van der Waals surface area contributed by atoms with Gasteiger partial charge in [-0.3, -0.25) is 14.3 Å². The van der Waals surface area contributed by atoms with Gasteiger partial charge in [-0.05, 0) is 33.0 Å². The van der Waals surface area contributed by atoms with Crippen molar-refractivity contribution in [1.29, 1.82) is 0 Å². The Labute approximate surface area is 161 Å². The Balaban J connectivity index is 1.43. The summed E-state index contributed by atoms with van der Waals surface area (Å²) in [6, 6.07) is 0. The van der Waals surface area contributed by atoms with Crippen LogP contribution in [0.3, 0.4) is 0 Å². The van der Waals surface area contributed by atoms with Crippen LogP contribution in [0, 0.1) is 6.92 Å². The van der Waals surface area contributed by atoms with Gasteiger partial charge in [0.2, 0.25) is 0 Å². The molecule has 1 saturated heterocycles. The Bertz CT molecular complexity index is 728. The minimum Gasteiger partial charge on any atom is -0.358 e. The Morgan fingerprint density at radius 3 is 2.46 bits per heavy atom. The first kappa shape index (κ1) is 18.8. The van der Waals surface area contributed by atoms with Crippen LogP contribution in [0.1, 0.15) is 30.7 Å². The number of hydrogen-bond donors (Lipinski definition) is 1. The third-order valence-corrected chi connectivity index (χ3v) is 5.28. The van der Waals surface area contributed by atoms with Gasteiger partial charge in [0.1, 0.15) is 0 Å². The molecule has 3 rings (SSSR count). The van der Waals surface area contributed by atoms with Crippen LogP contribution in [-0.2, 0) is 26.2 Å². The molecule has 7 nitrogen and oxygen atoms in total. The van der Waals surface area contributed by atoms with Crippen LogP contribution in [-0.4, -0.2) is 60.7 Å². The summed E-state index contributed by atoms with van der Waals surface area (Å²) < 4.78 is 3.95. The molecule has 0 bridgehead atoms. The average molecular weight is 376 g/mol. The monoisotopic (exact) mass is 375 g/mol. The van der Waals surface area contributed by atoms with Gasteiger partial charge in [-0.15, -0.1) is 0 Å². The molecule has 0 amide bonds. The Kier molecular flexibility index (Phi) is 6.26. The summed E-state index contributed by atoms with van der Waals surface area (Å²) >= 11 is 5.57. The SMILES string of the molecule is CCn1cc(CNC(=S)N2CCN(Cc3cn(CC)nc3C)CC2)cn1. The zero-order valence-electron chi connectivity index (χ0n) is 16.0. The number of nitrogens with zero attached hydrogens (tertiary/aromatic N) is 6. The van der Waals surface area contributed by atoms with Gasteiger partial charge in [-0.1, -0.05) is 0 Å². The van der Waals surface area contributed by atoms with Gasteiger partial charge in [0.15, 0.2) is 5.11 Å². The average Bonchev–Trinajstić information content (AvgIpc) is 3.27. The zero-order chi connectivity index (χ0) is 18.5. The van der Waals surface area contributed by atoms with Gasteiger partial charge >= 0.3 is 0 Å². The molecule has 2 aromatic rings. The van der Waals surface area contributed by atoms with E-state index in [0.29, 0.717) is 0 Å². The van der Waals surface area contributed by atoms with Crippen LogP contribution < -0.4 is 5.32 Å². The van der Waals surface area contributed by atoms with Crippen LogP contribution >= 0.6 is 12.2 Å². The molecule has 26 heavy (non-hydrogen) atoms. The van der Waals surface area contributed by atoms with Crippen LogP contribution in [0.15, 0.2) is 18.6 Å². The van der Waals surface area contributed by atoms with E-state index in [-0.39, 0.29) is 0 Å². The summed E-state index contributed by atoms with van der Waals surface area (Å²) in [5, 5.41) is 13.0. The molecule has 1 aliphatic heterocycles. The largest absolute Gasteiger partial charge is 0.358 e. The van der Waals surface area contributed by atoms with Crippen molar-refractivity contribution in [3.8, 4) is 0 Å². The smallest absolute Gasteiger partial charge is 0.169 e. The molecule has 8 heteroatoms. The maximum absolute atomic E-state index is 5.57. The lowest BCUT2D eigenvalue weighted by Gasteiger charge is -2.36. The van der Waals surface area contributed by atoms with Gasteiger partial charge in [-0.2, -0.15) is 10.2 Å². The third kappa shape index (κ3) is 4.62. The van der Waals surface area contributed by atoms with Gasteiger partial charge in [0.05, 0.1) is 11.9 Å². The fourth-order valence-corrected chi connectivity index (χ4v) is 3.44. The molecule has 0 saturated carbocycles. The first-order valence-electron chi connectivity index (χ1n) is 9.38. The van der Waals surface area contributed by atoms with Gasteiger partial charge < -0.3 is 10.2 Å². The molecule has 1 aliphatic rings. The third-order valence-electron chi connectivity index (χ3n) is 4.88. The minimum atomic E-state index is 0.731. The van der Waals surface area contributed by atoms with Gasteiger partial charge in [-0.25, -0.2) is 0 Å². The van der Waals surface area contributed by atoms with Crippen LogP contribution in [0.2, 0.25) is 0 Å². The van der Waals surface area contributed by atoms with E-state index >= 15 is 0 Å². The molecule has 1 fully saturated rings. The zero-order valence-corrected chi connectivity index (χ0v) is 16.8. The summed E-state index contributed by atoms with van der Waals surface area (Å²) in [7, 11) is 0. The van der Waals surface area contributed by atoms with E-state index < -0.39 is 0 Å². The highest BCUT2D eigenvalue weighted by molar-refractivity contribution is 7.80. The van der Waals surface area contributed by atoms with E-state index in [9.17, 15) is 0 Å². The van der Waals surface area contributed by atoms with E-state index in [1.165, 1.54) is 5.56 Å². The second kappa shape index (κ2) is 8.64. The number of thiocarbonyl (C=S) groups is 1. The van der Waals surface area contributed by atoms with Crippen LogP contribution in [0.25, 0.3) is 0 Å². The number of piperazine rings is 1. The molecular formula is C18H29N7S. The van der Waals surface area contributed by atoms with E-state index in [1.54, 1.807) is 0 Å². The van der Waals surface area contributed by atoms with Crippen molar-refractivity contribution in [2.24, 2.45) is 0 Å². The molecule has 2 aromatic heterocycles. The van der Waals surface area contributed by atoms with E-state index in [0.717, 1.165) is 68.7 Å². The van der Waals surface area contributed by atoms with Gasteiger partial charge in [0.25, 0.3) is 0 Å². The molecule has 0 aromatic carbocycles. The maximum atomic E-state index is 5.57. The fraction of sp³-hybridized carbons (Fsp3) is 0.611. The first-order valence-corrected chi connectivity index (χ1v) is 9.79. The number of aromatic nitrogens is 4. The Morgan fingerprint density at radius 2 is 1.85 bits per heavy atom. The molecule has 0 unspecified atom stereocenters. The molecular weight excluding hydrogens is 346 g/mol. The topological polar surface area (TPSA) is 54.2 Å². The van der Waals surface area contributed by atoms with Gasteiger partial charge in [0, 0.05) is 75.9 Å². The molecule has 0 aliphatic carbocycles. The number of nitrogens with one attached hydrogen (secondary N) is 1. The summed E-state index contributed by atoms with van der Waals surface area (Å²) in [5.41, 5.74) is 3.63. The number of hydrogen-bond acceptors (Lipinski definition) is 4. The minimum absolute atomic E-state index is 0.731. The van der Waals surface area contributed by atoms with Crippen molar-refractivity contribution in [2.45, 2.75) is 47.0 Å². The normalized spacial score (nSPS) is 15.4. The lowest BCUT2D eigenvalue weighted by Crippen LogP contribution is -2.51. The van der Waals surface area contributed by atoms with Crippen molar-refractivity contribution in [3.63, 3.8) is 0 Å². The summed E-state index contributed by atoms with van der Waals surface area (Å²) in [6.45, 7) is 13.8. The quantitative estimate of drug-likeness (QED) is 0.775. The van der Waals surface area contributed by atoms with Crippen molar-refractivity contribution in [1.82, 2.24) is 34.7 Å². The molecule has 3 heterocycles. The van der Waals surface area contributed by atoms with E-state index in [2.05, 4.69) is 58.5 Å². The van der Waals surface area contributed by atoms with Crippen molar-refractivity contribution < 1.29 is 0 Å². The molecule has 0 atom stereocenters. The molecule has 0 radical (unpaired) electrons. The van der Waals surface area contributed by atoms with Crippen molar-refractivity contribution >= 4 is 17.3 Å². The first-order chi connectivity index (χ1) is 12.6. The summed E-state index contributed by atoms with van der Waals surface area (Å²) in [6.07, 6.45) is 6.13. The highest BCUT2D eigenvalue weighted by Crippen LogP contribution is 2.12. The molecule has 1 N–H and O–H groups in total. The Hall–Kier alpha value is -1.93. The standard InChI is InChI=1S/C18H29N7S/c1-4-24-12-16(11-20-24)10-19-18(26)23-8-6-22(7-9-23)13-17-14-25(5-2)21-15(17)3/h11-12,14H,4-10,13H2,1-3H3,(H,19,26). The van der Waals surface area contributed by atoms with Crippen molar-refractivity contribution in [2.75, 3.05) is 26.2 Å². The second-order valence-electron chi connectivity index (χ2n) is 6.72. The lowest BCUT2D eigenvalue weighted by molar-refractivity contribution is 0.174. The fourth-order valence-electron chi connectivity index (χ4n) is 3.19. The predicted molar refractivity (Wildman–Crippen MR) is 107 cm³/mol. The molecule has 0 spiro atoms. The Morgan fingerprint density at radius 1 is 1.12 bits per heavy atom. The van der Waals surface area contributed by atoms with E-state index in [1.807, 2.05) is 15.6 Å². The van der Waals surface area contributed by atoms with E-state index in [4.69, 9.17) is 12.2 Å². The van der Waals surface area contributed by atoms with Crippen LogP contribution in [0.5, 0.6) is 0 Å². The lowest BCUT2D eigenvalue weighted by atomic mass is 10.2. The highest BCUT2D eigenvalue weighted by atomic mass is 32.1. The molecule has 142 valence electrons. The summed E-state index contributed by atoms with van der Waals surface area (Å²) in [4.78, 5) is 4.74. The van der Waals surface area contributed by atoms with Crippen LogP contribution in [0.4, 0.5) is 0 Å².